The first-order valence-electron chi connectivity index (χ1n) is 7.30. The quantitative estimate of drug-likeness (QED) is 0.885. The maximum Gasteiger partial charge on any atom is 0.231 e. The Morgan fingerprint density at radius 1 is 1.29 bits per heavy atom. The van der Waals surface area contributed by atoms with Crippen LogP contribution in [0.15, 0.2) is 30.6 Å². The third kappa shape index (κ3) is 3.55. The summed E-state index contributed by atoms with van der Waals surface area (Å²) in [5.41, 5.74) is 2.50. The van der Waals surface area contributed by atoms with Crippen LogP contribution < -0.4 is 14.8 Å². The number of rotatable bonds is 6. The first kappa shape index (κ1) is 13.9. The van der Waals surface area contributed by atoms with E-state index >= 15 is 0 Å². The molecule has 0 spiro atoms. The maximum atomic E-state index is 5.41. The zero-order valence-electron chi connectivity index (χ0n) is 12.5. The van der Waals surface area contributed by atoms with E-state index in [4.69, 9.17) is 9.47 Å². The Hall–Kier alpha value is -2.01. The van der Waals surface area contributed by atoms with Gasteiger partial charge in [0.05, 0.1) is 6.20 Å². The number of hydrogen-bond acceptors (Lipinski definition) is 4. The minimum Gasteiger partial charge on any atom is -0.454 e. The molecular weight excluding hydrogens is 266 g/mol. The van der Waals surface area contributed by atoms with Crippen LogP contribution in [0.2, 0.25) is 0 Å². The number of nitrogens with one attached hydrogen (secondary N) is 1. The van der Waals surface area contributed by atoms with Gasteiger partial charge in [-0.3, -0.25) is 4.68 Å². The largest absolute Gasteiger partial charge is 0.454 e. The second kappa shape index (κ2) is 6.18. The lowest BCUT2D eigenvalue weighted by molar-refractivity contribution is 0.174. The monoisotopic (exact) mass is 287 g/mol. The van der Waals surface area contributed by atoms with Gasteiger partial charge >= 0.3 is 0 Å². The van der Waals surface area contributed by atoms with Gasteiger partial charge in [0.1, 0.15) is 0 Å². The highest BCUT2D eigenvalue weighted by atomic mass is 16.7. The molecule has 3 rings (SSSR count). The van der Waals surface area contributed by atoms with Gasteiger partial charge < -0.3 is 14.8 Å². The summed E-state index contributed by atoms with van der Waals surface area (Å²) in [6, 6.07) is 6.64. The van der Waals surface area contributed by atoms with Crippen molar-refractivity contribution in [2.45, 2.75) is 32.4 Å². The van der Waals surface area contributed by atoms with Gasteiger partial charge in [-0.05, 0) is 37.5 Å². The number of fused-ring (bicyclic) bond motifs is 1. The highest BCUT2D eigenvalue weighted by Crippen LogP contribution is 2.32. The van der Waals surface area contributed by atoms with E-state index in [1.807, 2.05) is 30.2 Å². The predicted molar refractivity (Wildman–Crippen MR) is 80.4 cm³/mol. The molecule has 0 bridgehead atoms. The van der Waals surface area contributed by atoms with Gasteiger partial charge in [-0.15, -0.1) is 0 Å². The summed E-state index contributed by atoms with van der Waals surface area (Å²) >= 11 is 0. The third-order valence-electron chi connectivity index (χ3n) is 3.72. The summed E-state index contributed by atoms with van der Waals surface area (Å²) < 4.78 is 12.6. The average molecular weight is 287 g/mol. The van der Waals surface area contributed by atoms with Gasteiger partial charge in [-0.2, -0.15) is 5.10 Å². The first-order valence-corrected chi connectivity index (χ1v) is 7.30. The molecule has 2 aromatic rings. The Kier molecular flexibility index (Phi) is 4.10. The summed E-state index contributed by atoms with van der Waals surface area (Å²) in [4.78, 5) is 0. The zero-order chi connectivity index (χ0) is 14.7. The van der Waals surface area contributed by atoms with Crippen LogP contribution in [-0.4, -0.2) is 22.6 Å². The Labute approximate surface area is 124 Å². The van der Waals surface area contributed by atoms with Crippen LogP contribution in [0.4, 0.5) is 0 Å². The van der Waals surface area contributed by atoms with Crippen molar-refractivity contribution in [2.24, 2.45) is 7.05 Å². The van der Waals surface area contributed by atoms with Gasteiger partial charge in [0.15, 0.2) is 11.5 Å². The molecule has 0 amide bonds. The Bertz CT molecular complexity index is 609. The number of nitrogens with zero attached hydrogens (tertiary/aromatic N) is 2. The Morgan fingerprint density at radius 2 is 2.14 bits per heavy atom. The molecule has 1 aliphatic rings. The molecule has 5 nitrogen and oxygen atoms in total. The van der Waals surface area contributed by atoms with Gasteiger partial charge in [-0.25, -0.2) is 0 Å². The molecule has 1 aliphatic heterocycles. The van der Waals surface area contributed by atoms with Crippen molar-refractivity contribution in [3.63, 3.8) is 0 Å². The molecule has 0 saturated carbocycles. The van der Waals surface area contributed by atoms with Crippen molar-refractivity contribution >= 4 is 0 Å². The van der Waals surface area contributed by atoms with E-state index in [1.165, 1.54) is 11.1 Å². The number of aromatic nitrogens is 2. The van der Waals surface area contributed by atoms with Gasteiger partial charge in [-0.1, -0.05) is 6.07 Å². The van der Waals surface area contributed by atoms with Crippen LogP contribution >= 0.6 is 0 Å². The van der Waals surface area contributed by atoms with Gasteiger partial charge in [0.2, 0.25) is 6.79 Å². The summed E-state index contributed by atoms with van der Waals surface area (Å²) in [6.07, 6.45) is 6.05. The van der Waals surface area contributed by atoms with Gasteiger partial charge in [0, 0.05) is 31.4 Å². The molecule has 1 atom stereocenters. The van der Waals surface area contributed by atoms with Crippen LogP contribution in [0.5, 0.6) is 11.5 Å². The fraction of sp³-hybridized carbons (Fsp3) is 0.438. The van der Waals surface area contributed by atoms with Crippen molar-refractivity contribution in [3.8, 4) is 11.5 Å². The van der Waals surface area contributed by atoms with Crippen molar-refractivity contribution in [3.05, 3.63) is 41.7 Å². The van der Waals surface area contributed by atoms with Crippen LogP contribution in [0.25, 0.3) is 0 Å². The molecular formula is C16H21N3O2. The number of ether oxygens (including phenoxy) is 2. The molecule has 1 aromatic carbocycles. The fourth-order valence-corrected chi connectivity index (χ4v) is 2.44. The lowest BCUT2D eigenvalue weighted by Crippen LogP contribution is -2.25. The first-order chi connectivity index (χ1) is 10.2. The molecule has 0 saturated heterocycles. The minimum absolute atomic E-state index is 0.335. The van der Waals surface area contributed by atoms with Crippen LogP contribution in [0.1, 0.15) is 24.5 Å². The number of hydrogen-bond donors (Lipinski definition) is 1. The molecule has 112 valence electrons. The molecule has 0 fully saturated rings. The maximum absolute atomic E-state index is 5.41. The molecule has 0 aliphatic carbocycles. The number of benzene rings is 1. The van der Waals surface area contributed by atoms with E-state index in [0.29, 0.717) is 12.8 Å². The fourth-order valence-electron chi connectivity index (χ4n) is 2.44. The summed E-state index contributed by atoms with van der Waals surface area (Å²) in [6.45, 7) is 3.40. The van der Waals surface area contributed by atoms with Crippen LogP contribution in [-0.2, 0) is 20.0 Å². The second-order valence-corrected chi connectivity index (χ2v) is 5.53. The van der Waals surface area contributed by atoms with E-state index in [1.54, 1.807) is 0 Å². The molecule has 21 heavy (non-hydrogen) atoms. The number of aryl methyl sites for hydroxylation is 2. The van der Waals surface area contributed by atoms with Crippen molar-refractivity contribution in [2.75, 3.05) is 6.79 Å². The zero-order valence-corrected chi connectivity index (χ0v) is 12.5. The molecule has 0 radical (unpaired) electrons. The van der Waals surface area contributed by atoms with Gasteiger partial charge in [0.25, 0.3) is 0 Å². The highest BCUT2D eigenvalue weighted by molar-refractivity contribution is 5.44. The molecule has 1 aromatic heterocycles. The second-order valence-electron chi connectivity index (χ2n) is 5.53. The van der Waals surface area contributed by atoms with E-state index < -0.39 is 0 Å². The van der Waals surface area contributed by atoms with Crippen molar-refractivity contribution in [1.82, 2.24) is 15.1 Å². The molecule has 2 heterocycles. The minimum atomic E-state index is 0.335. The summed E-state index contributed by atoms with van der Waals surface area (Å²) in [7, 11) is 1.94. The molecule has 5 heteroatoms. The van der Waals surface area contributed by atoms with E-state index in [-0.39, 0.29) is 0 Å². The van der Waals surface area contributed by atoms with Crippen molar-refractivity contribution < 1.29 is 9.47 Å². The molecule has 1 unspecified atom stereocenters. The third-order valence-corrected chi connectivity index (χ3v) is 3.72. The predicted octanol–water partition coefficient (Wildman–Crippen LogP) is 2.26. The average Bonchev–Trinajstić information content (AvgIpc) is 3.10. The molecule has 1 N–H and O–H groups in total. The van der Waals surface area contributed by atoms with E-state index in [0.717, 1.165) is 30.9 Å². The topological polar surface area (TPSA) is 48.3 Å². The normalized spacial score (nSPS) is 14.4. The smallest absolute Gasteiger partial charge is 0.231 e. The van der Waals surface area contributed by atoms with E-state index in [9.17, 15) is 0 Å². The van der Waals surface area contributed by atoms with Crippen LogP contribution in [0.3, 0.4) is 0 Å². The van der Waals surface area contributed by atoms with Crippen LogP contribution in [0, 0.1) is 0 Å². The summed E-state index contributed by atoms with van der Waals surface area (Å²) in [5.74, 6) is 1.71. The standard InChI is InChI=1S/C16H21N3O2/c1-12(17-8-14-9-18-19(2)10-14)3-4-13-5-6-15-16(7-13)21-11-20-15/h5-7,9-10,12,17H,3-4,8,11H2,1-2H3. The SMILES string of the molecule is CC(CCc1ccc2c(c1)OCO2)NCc1cnn(C)c1. The lowest BCUT2D eigenvalue weighted by Gasteiger charge is -2.13. The Morgan fingerprint density at radius 3 is 2.95 bits per heavy atom. The highest BCUT2D eigenvalue weighted by Gasteiger charge is 2.13. The Balaban J connectivity index is 1.46. The summed E-state index contributed by atoms with van der Waals surface area (Å²) in [5, 5.41) is 7.70. The lowest BCUT2D eigenvalue weighted by atomic mass is 10.1. The van der Waals surface area contributed by atoms with Crippen molar-refractivity contribution in [1.29, 1.82) is 0 Å². The van der Waals surface area contributed by atoms with E-state index in [2.05, 4.69) is 29.5 Å².